The lowest BCUT2D eigenvalue weighted by Crippen LogP contribution is -2.41. The van der Waals surface area contributed by atoms with E-state index in [1.807, 2.05) is 109 Å². The van der Waals surface area contributed by atoms with E-state index in [9.17, 15) is 24.3 Å². The molecule has 6 rings (SSSR count). The Kier molecular flexibility index (Phi) is 14.0. The molecule has 0 saturated carbocycles. The van der Waals surface area contributed by atoms with E-state index in [1.165, 1.54) is 10.5 Å². The van der Waals surface area contributed by atoms with Gasteiger partial charge < -0.3 is 24.1 Å². The first-order chi connectivity index (χ1) is 25.8. The quantitative estimate of drug-likeness (QED) is 0.134. The standard InChI is InChI=1S/C21H23NO5.C21H23NO4/c1-26-17-12-10-15(11-13-17)6-5-9-19(23)20(24)22-18(14-27-21(22)25)16-7-3-2-4-8-16;1-25-18-13-11-16(12-14-18)7-5-6-10-20(23)22-19(15-26-21(22)24)17-8-3-2-4-9-17/h2-4,7-8,10-13,18-19,23H,5-6,9,14H2,1H3;2-4,8-9,11-14,19H,5-7,10,15H2,1H3/t18-,19+;19-/m00/s1. The van der Waals surface area contributed by atoms with E-state index in [1.54, 1.807) is 14.2 Å². The van der Waals surface area contributed by atoms with Crippen LogP contribution in [0.15, 0.2) is 109 Å². The molecule has 0 aliphatic carbocycles. The molecule has 53 heavy (non-hydrogen) atoms. The molecule has 2 saturated heterocycles. The second-order valence-electron chi connectivity index (χ2n) is 12.8. The van der Waals surface area contributed by atoms with Gasteiger partial charge in [-0.1, -0.05) is 84.9 Å². The van der Waals surface area contributed by atoms with Crippen LogP contribution in [-0.2, 0) is 31.9 Å². The van der Waals surface area contributed by atoms with E-state index >= 15 is 0 Å². The molecule has 0 spiro atoms. The first kappa shape index (κ1) is 38.5. The molecular weight excluding hydrogens is 676 g/mol. The lowest BCUT2D eigenvalue weighted by atomic mass is 10.0. The molecule has 2 aliphatic rings. The molecule has 4 aromatic rings. The molecule has 0 aromatic heterocycles. The number of aliphatic hydroxyl groups is 1. The van der Waals surface area contributed by atoms with Gasteiger partial charge >= 0.3 is 12.2 Å². The molecule has 4 aromatic carbocycles. The number of carbonyl (C=O) groups is 4. The maximum Gasteiger partial charge on any atom is 0.417 e. The smallest absolute Gasteiger partial charge is 0.417 e. The van der Waals surface area contributed by atoms with Crippen molar-refractivity contribution in [3.05, 3.63) is 131 Å². The zero-order valence-electron chi connectivity index (χ0n) is 30.1. The Morgan fingerprint density at radius 2 is 1.11 bits per heavy atom. The predicted molar refractivity (Wildman–Crippen MR) is 197 cm³/mol. The van der Waals surface area contributed by atoms with E-state index in [0.29, 0.717) is 12.8 Å². The van der Waals surface area contributed by atoms with Gasteiger partial charge in [0.05, 0.1) is 14.2 Å². The van der Waals surface area contributed by atoms with Gasteiger partial charge in [0.2, 0.25) is 5.91 Å². The van der Waals surface area contributed by atoms with Gasteiger partial charge in [-0.05, 0) is 85.0 Å². The maximum atomic E-state index is 12.6. The zero-order valence-corrected chi connectivity index (χ0v) is 30.1. The van der Waals surface area contributed by atoms with Gasteiger partial charge in [0.25, 0.3) is 5.91 Å². The highest BCUT2D eigenvalue weighted by Crippen LogP contribution is 2.30. The number of unbranched alkanes of at least 4 members (excludes halogenated alkanes) is 1. The van der Waals surface area contributed by atoms with E-state index < -0.39 is 30.2 Å². The first-order valence-corrected chi connectivity index (χ1v) is 17.8. The molecule has 1 N–H and O–H groups in total. The number of nitrogens with zero attached hydrogens (tertiary/aromatic N) is 2. The lowest BCUT2D eigenvalue weighted by Gasteiger charge is -2.22. The molecule has 0 unspecified atom stereocenters. The van der Waals surface area contributed by atoms with Crippen LogP contribution in [0.25, 0.3) is 0 Å². The van der Waals surface area contributed by atoms with Crippen LogP contribution < -0.4 is 9.47 Å². The average molecular weight is 723 g/mol. The fourth-order valence-corrected chi connectivity index (χ4v) is 6.30. The van der Waals surface area contributed by atoms with Crippen molar-refractivity contribution < 1.29 is 43.2 Å². The topological polar surface area (TPSA) is 132 Å². The number of methoxy groups -OCH3 is 2. The summed E-state index contributed by atoms with van der Waals surface area (Å²) < 4.78 is 20.4. The second-order valence-corrected chi connectivity index (χ2v) is 12.8. The number of carbonyl (C=O) groups excluding carboxylic acids is 4. The molecular formula is C42H46N2O9. The number of rotatable bonds is 14. The summed E-state index contributed by atoms with van der Waals surface area (Å²) in [6.45, 7) is 0.327. The van der Waals surface area contributed by atoms with Crippen LogP contribution in [0.3, 0.4) is 0 Å². The van der Waals surface area contributed by atoms with Crippen molar-refractivity contribution in [1.82, 2.24) is 9.80 Å². The summed E-state index contributed by atoms with van der Waals surface area (Å²) in [7, 11) is 3.26. The SMILES string of the molecule is COc1ccc(CCCCC(=O)N2C(=O)OC[C@H]2c2ccccc2)cc1.COc1ccc(CCC[C@@H](O)C(=O)N2C(=O)OC[C@H]2c2ccccc2)cc1. The molecule has 11 heteroatoms. The third-order valence-corrected chi connectivity index (χ3v) is 9.27. The molecule has 11 nitrogen and oxygen atoms in total. The summed E-state index contributed by atoms with van der Waals surface area (Å²) in [5.41, 5.74) is 4.03. The van der Waals surface area contributed by atoms with Crippen LogP contribution in [0.1, 0.15) is 66.4 Å². The summed E-state index contributed by atoms with van der Waals surface area (Å²) in [5, 5.41) is 10.3. The van der Waals surface area contributed by atoms with Crippen LogP contribution in [-0.4, -0.2) is 72.4 Å². The minimum absolute atomic E-state index is 0.104. The third kappa shape index (κ3) is 10.4. The molecule has 4 amide bonds. The van der Waals surface area contributed by atoms with Gasteiger partial charge in [0.15, 0.2) is 0 Å². The Morgan fingerprint density at radius 3 is 1.60 bits per heavy atom. The molecule has 278 valence electrons. The predicted octanol–water partition coefficient (Wildman–Crippen LogP) is 7.23. The van der Waals surface area contributed by atoms with Gasteiger partial charge in [-0.3, -0.25) is 9.59 Å². The van der Waals surface area contributed by atoms with Crippen LogP contribution in [0.4, 0.5) is 9.59 Å². The van der Waals surface area contributed by atoms with Crippen LogP contribution in [0, 0.1) is 0 Å². The number of benzene rings is 4. The Hall–Kier alpha value is -5.68. The van der Waals surface area contributed by atoms with Crippen LogP contribution in [0.5, 0.6) is 11.5 Å². The summed E-state index contributed by atoms with van der Waals surface area (Å²) in [5.74, 6) is 0.842. The van der Waals surface area contributed by atoms with E-state index in [0.717, 1.165) is 58.8 Å². The summed E-state index contributed by atoms with van der Waals surface area (Å²) in [6.07, 6.45) is 1.99. The third-order valence-electron chi connectivity index (χ3n) is 9.27. The van der Waals surface area contributed by atoms with E-state index in [2.05, 4.69) is 0 Å². The molecule has 3 atom stereocenters. The number of hydrogen-bond donors (Lipinski definition) is 1. The van der Waals surface area contributed by atoms with Gasteiger partial charge in [0.1, 0.15) is 42.9 Å². The molecule has 2 aliphatic heterocycles. The van der Waals surface area contributed by atoms with Gasteiger partial charge in [-0.25, -0.2) is 19.4 Å². The number of aliphatic hydroxyl groups excluding tert-OH is 1. The number of hydrogen-bond acceptors (Lipinski definition) is 9. The fraction of sp³-hybridized carbons (Fsp3) is 0.333. The van der Waals surface area contributed by atoms with Gasteiger partial charge in [-0.2, -0.15) is 0 Å². The fourth-order valence-electron chi connectivity index (χ4n) is 6.30. The number of ether oxygens (including phenoxy) is 4. The van der Waals surface area contributed by atoms with Crippen molar-refractivity contribution in [3.63, 3.8) is 0 Å². The Labute approximate surface area is 310 Å². The second kappa shape index (κ2) is 19.2. The number of aryl methyl sites for hydroxylation is 2. The highest BCUT2D eigenvalue weighted by atomic mass is 16.6. The Balaban J connectivity index is 0.000000204. The van der Waals surface area contributed by atoms with Crippen molar-refractivity contribution in [1.29, 1.82) is 0 Å². The van der Waals surface area contributed by atoms with Crippen LogP contribution in [0.2, 0.25) is 0 Å². The van der Waals surface area contributed by atoms with Gasteiger partial charge in [0, 0.05) is 6.42 Å². The average Bonchev–Trinajstić information content (AvgIpc) is 3.79. The Morgan fingerprint density at radius 1 is 0.660 bits per heavy atom. The first-order valence-electron chi connectivity index (χ1n) is 17.8. The molecule has 2 heterocycles. The maximum absolute atomic E-state index is 12.6. The van der Waals surface area contributed by atoms with Crippen LogP contribution >= 0.6 is 0 Å². The van der Waals surface area contributed by atoms with Crippen molar-refractivity contribution in [2.75, 3.05) is 27.4 Å². The summed E-state index contributed by atoms with van der Waals surface area (Å²) >= 11 is 0. The van der Waals surface area contributed by atoms with Crippen molar-refractivity contribution in [2.45, 2.75) is 63.1 Å². The highest BCUT2D eigenvalue weighted by molar-refractivity contribution is 5.96. The minimum atomic E-state index is -1.24. The molecule has 0 radical (unpaired) electrons. The Bertz CT molecular complexity index is 1780. The van der Waals surface area contributed by atoms with Crippen molar-refractivity contribution in [2.24, 2.45) is 0 Å². The highest BCUT2D eigenvalue weighted by Gasteiger charge is 2.41. The van der Waals surface area contributed by atoms with Gasteiger partial charge in [-0.15, -0.1) is 0 Å². The normalized spacial score (nSPS) is 17.0. The van der Waals surface area contributed by atoms with E-state index in [-0.39, 0.29) is 31.6 Å². The summed E-state index contributed by atoms with van der Waals surface area (Å²) in [6, 6.07) is 33.5. The monoisotopic (exact) mass is 722 g/mol. The molecule has 0 bridgehead atoms. The number of imide groups is 2. The van der Waals surface area contributed by atoms with E-state index in [4.69, 9.17) is 18.9 Å². The number of amides is 4. The number of cyclic esters (lactones) is 2. The largest absolute Gasteiger partial charge is 0.497 e. The molecule has 2 fully saturated rings. The zero-order chi connectivity index (χ0) is 37.6. The summed E-state index contributed by atoms with van der Waals surface area (Å²) in [4.78, 5) is 51.5. The minimum Gasteiger partial charge on any atom is -0.497 e. The van der Waals surface area contributed by atoms with Crippen molar-refractivity contribution >= 4 is 24.0 Å². The lowest BCUT2D eigenvalue weighted by molar-refractivity contribution is -0.138. The van der Waals surface area contributed by atoms with Crippen molar-refractivity contribution in [3.8, 4) is 11.5 Å².